The van der Waals surface area contributed by atoms with Gasteiger partial charge in [-0.25, -0.2) is 0 Å². The first kappa shape index (κ1) is 15.0. The van der Waals surface area contributed by atoms with Crippen molar-refractivity contribution in [3.8, 4) is 0 Å². The molecule has 0 aliphatic carbocycles. The molecule has 8 heteroatoms. The number of furan rings is 1. The zero-order valence-corrected chi connectivity index (χ0v) is 10.6. The van der Waals surface area contributed by atoms with E-state index in [0.717, 1.165) is 18.3 Å². The number of aromatic nitrogens is 1. The van der Waals surface area contributed by atoms with E-state index in [1.165, 1.54) is 18.4 Å². The van der Waals surface area contributed by atoms with E-state index in [2.05, 4.69) is 10.3 Å². The Morgan fingerprint density at radius 2 is 2.14 bits per heavy atom. The van der Waals surface area contributed by atoms with Crippen molar-refractivity contribution in [1.29, 1.82) is 0 Å². The molecule has 2 N–H and O–H groups in total. The third-order valence-corrected chi connectivity index (χ3v) is 2.70. The first-order valence-electron chi connectivity index (χ1n) is 5.91. The van der Waals surface area contributed by atoms with Crippen molar-refractivity contribution >= 4 is 5.91 Å². The molecule has 1 unspecified atom stereocenters. The summed E-state index contributed by atoms with van der Waals surface area (Å²) in [4.78, 5) is 15.4. The smallest absolute Gasteiger partial charge is 0.418 e. The highest BCUT2D eigenvalue weighted by molar-refractivity contribution is 5.94. The standard InChI is InChI=1S/C13H11F3N2O3/c14-13(15,16)8-3-1-5-17-11(8)12(20)18-9(7-19)10-4-2-6-21-10/h1-6,9,19H,7H2,(H,18,20). The van der Waals surface area contributed by atoms with Crippen molar-refractivity contribution in [2.45, 2.75) is 12.2 Å². The van der Waals surface area contributed by atoms with Gasteiger partial charge < -0.3 is 14.8 Å². The molecule has 0 spiro atoms. The number of aliphatic hydroxyl groups is 1. The van der Waals surface area contributed by atoms with Gasteiger partial charge in [0.15, 0.2) is 0 Å². The van der Waals surface area contributed by atoms with Gasteiger partial charge in [0.25, 0.3) is 5.91 Å². The zero-order chi connectivity index (χ0) is 15.5. The Hall–Kier alpha value is -2.35. The van der Waals surface area contributed by atoms with Crippen molar-refractivity contribution in [2.24, 2.45) is 0 Å². The fraction of sp³-hybridized carbons (Fsp3) is 0.231. The van der Waals surface area contributed by atoms with Crippen LogP contribution in [0.2, 0.25) is 0 Å². The number of rotatable bonds is 4. The number of hydrogen-bond acceptors (Lipinski definition) is 4. The molecule has 0 aliphatic rings. The van der Waals surface area contributed by atoms with Crippen LogP contribution >= 0.6 is 0 Å². The van der Waals surface area contributed by atoms with Crippen molar-refractivity contribution in [1.82, 2.24) is 10.3 Å². The van der Waals surface area contributed by atoms with E-state index < -0.39 is 36.0 Å². The fourth-order valence-electron chi connectivity index (χ4n) is 1.74. The minimum absolute atomic E-state index is 0.232. The van der Waals surface area contributed by atoms with Crippen molar-refractivity contribution in [3.63, 3.8) is 0 Å². The number of nitrogens with one attached hydrogen (secondary N) is 1. The third-order valence-electron chi connectivity index (χ3n) is 2.70. The molecule has 0 aliphatic heterocycles. The monoisotopic (exact) mass is 300 g/mol. The maximum atomic E-state index is 12.8. The lowest BCUT2D eigenvalue weighted by atomic mass is 10.1. The van der Waals surface area contributed by atoms with E-state index in [-0.39, 0.29) is 5.76 Å². The Morgan fingerprint density at radius 3 is 2.71 bits per heavy atom. The Labute approximate surface area is 117 Å². The Bertz CT molecular complexity index is 611. The number of pyridine rings is 1. The molecule has 0 saturated heterocycles. The average molecular weight is 300 g/mol. The van der Waals surface area contributed by atoms with Crippen LogP contribution in [0.15, 0.2) is 41.1 Å². The van der Waals surface area contributed by atoms with Gasteiger partial charge in [0, 0.05) is 6.20 Å². The van der Waals surface area contributed by atoms with Crippen LogP contribution in [0.4, 0.5) is 13.2 Å². The Balaban J connectivity index is 2.25. The summed E-state index contributed by atoms with van der Waals surface area (Å²) >= 11 is 0. The molecule has 0 fully saturated rings. The minimum atomic E-state index is -4.69. The van der Waals surface area contributed by atoms with Gasteiger partial charge in [-0.15, -0.1) is 0 Å². The lowest BCUT2D eigenvalue weighted by Crippen LogP contribution is -2.32. The summed E-state index contributed by atoms with van der Waals surface area (Å²) in [6, 6.07) is 3.94. The lowest BCUT2D eigenvalue weighted by molar-refractivity contribution is -0.138. The largest absolute Gasteiger partial charge is 0.467 e. The molecule has 2 aromatic heterocycles. The van der Waals surface area contributed by atoms with Crippen LogP contribution in [0.1, 0.15) is 27.9 Å². The summed E-state index contributed by atoms with van der Waals surface area (Å²) in [6.07, 6.45) is -2.28. The van der Waals surface area contributed by atoms with Gasteiger partial charge in [0.05, 0.1) is 18.4 Å². The molecule has 2 aromatic rings. The molecule has 112 valence electrons. The number of amides is 1. The third kappa shape index (κ3) is 3.40. The van der Waals surface area contributed by atoms with Crippen LogP contribution < -0.4 is 5.32 Å². The summed E-state index contributed by atoms with van der Waals surface area (Å²) in [5.74, 6) is -0.811. The van der Waals surface area contributed by atoms with Crippen LogP contribution in [0.3, 0.4) is 0 Å². The molecular weight excluding hydrogens is 289 g/mol. The summed E-state index contributed by atoms with van der Waals surface area (Å²) in [7, 11) is 0. The maximum Gasteiger partial charge on any atom is 0.418 e. The highest BCUT2D eigenvalue weighted by atomic mass is 19.4. The average Bonchev–Trinajstić information content (AvgIpc) is 2.97. The van der Waals surface area contributed by atoms with E-state index in [1.54, 1.807) is 0 Å². The first-order valence-corrected chi connectivity index (χ1v) is 5.91. The molecule has 5 nitrogen and oxygen atoms in total. The lowest BCUT2D eigenvalue weighted by Gasteiger charge is -2.16. The molecule has 2 heterocycles. The molecule has 0 bridgehead atoms. The highest BCUT2D eigenvalue weighted by Gasteiger charge is 2.36. The van der Waals surface area contributed by atoms with Gasteiger partial charge >= 0.3 is 6.18 Å². The van der Waals surface area contributed by atoms with E-state index in [4.69, 9.17) is 4.42 Å². The second-order valence-electron chi connectivity index (χ2n) is 4.12. The van der Waals surface area contributed by atoms with Crippen LogP contribution in [0.25, 0.3) is 0 Å². The Kier molecular flexibility index (Phi) is 4.27. The number of aliphatic hydroxyl groups excluding tert-OH is 1. The van der Waals surface area contributed by atoms with E-state index in [1.807, 2.05) is 0 Å². The highest BCUT2D eigenvalue weighted by Crippen LogP contribution is 2.31. The SMILES string of the molecule is O=C(NC(CO)c1ccco1)c1ncccc1C(F)(F)F. The predicted octanol–water partition coefficient (Wildman–Crippen LogP) is 2.16. The number of halogens is 3. The van der Waals surface area contributed by atoms with Crippen molar-refractivity contribution in [2.75, 3.05) is 6.61 Å². The quantitative estimate of drug-likeness (QED) is 0.907. The molecule has 2 rings (SSSR count). The number of alkyl halides is 3. The number of carbonyl (C=O) groups is 1. The Morgan fingerprint density at radius 1 is 1.38 bits per heavy atom. The van der Waals surface area contributed by atoms with Gasteiger partial charge in [0.1, 0.15) is 17.5 Å². The number of carbonyl (C=O) groups excluding carboxylic acids is 1. The molecule has 0 saturated carbocycles. The topological polar surface area (TPSA) is 75.4 Å². The minimum Gasteiger partial charge on any atom is -0.467 e. The molecule has 0 radical (unpaired) electrons. The molecule has 1 atom stereocenters. The van der Waals surface area contributed by atoms with Gasteiger partial charge in [-0.2, -0.15) is 13.2 Å². The first-order chi connectivity index (χ1) is 9.93. The van der Waals surface area contributed by atoms with Crippen LogP contribution in [-0.2, 0) is 6.18 Å². The van der Waals surface area contributed by atoms with Crippen molar-refractivity contribution < 1.29 is 27.5 Å². The summed E-state index contributed by atoms with van der Waals surface area (Å²) in [5, 5.41) is 11.5. The zero-order valence-electron chi connectivity index (χ0n) is 10.6. The molecule has 21 heavy (non-hydrogen) atoms. The van der Waals surface area contributed by atoms with Crippen LogP contribution in [0, 0.1) is 0 Å². The summed E-state index contributed by atoms with van der Waals surface area (Å²) in [5.41, 5.74) is -1.89. The van der Waals surface area contributed by atoms with Crippen molar-refractivity contribution in [3.05, 3.63) is 53.7 Å². The summed E-state index contributed by atoms with van der Waals surface area (Å²) < 4.78 is 43.4. The number of hydrogen-bond donors (Lipinski definition) is 2. The van der Waals surface area contributed by atoms with Gasteiger partial charge in [-0.3, -0.25) is 9.78 Å². The molecular formula is C13H11F3N2O3. The summed E-state index contributed by atoms with van der Waals surface area (Å²) in [6.45, 7) is -0.520. The second-order valence-corrected chi connectivity index (χ2v) is 4.12. The number of nitrogens with zero attached hydrogens (tertiary/aromatic N) is 1. The van der Waals surface area contributed by atoms with E-state index >= 15 is 0 Å². The van der Waals surface area contributed by atoms with Gasteiger partial charge in [0.2, 0.25) is 0 Å². The van der Waals surface area contributed by atoms with E-state index in [0.29, 0.717) is 0 Å². The maximum absolute atomic E-state index is 12.8. The predicted molar refractivity (Wildman–Crippen MR) is 65.2 cm³/mol. The second kappa shape index (κ2) is 5.96. The normalized spacial score (nSPS) is 13.0. The fourth-order valence-corrected chi connectivity index (χ4v) is 1.74. The molecule has 0 aromatic carbocycles. The van der Waals surface area contributed by atoms with Gasteiger partial charge in [-0.05, 0) is 24.3 Å². The molecule has 1 amide bonds. The van der Waals surface area contributed by atoms with Crippen LogP contribution in [-0.4, -0.2) is 22.6 Å². The van der Waals surface area contributed by atoms with Crippen LogP contribution in [0.5, 0.6) is 0 Å². The van der Waals surface area contributed by atoms with E-state index in [9.17, 15) is 23.1 Å². The van der Waals surface area contributed by atoms with Gasteiger partial charge in [-0.1, -0.05) is 0 Å².